The first-order valence-corrected chi connectivity index (χ1v) is 13.0. The third-order valence-electron chi connectivity index (χ3n) is 6.98. The minimum Gasteiger partial charge on any atom is -0.497 e. The number of rotatable bonds is 7. The molecule has 1 amide bonds. The molecule has 2 heterocycles. The number of amides is 1. The number of halogens is 1. The van der Waals surface area contributed by atoms with Crippen molar-refractivity contribution in [2.45, 2.75) is 25.3 Å². The Morgan fingerprint density at radius 2 is 1.72 bits per heavy atom. The van der Waals surface area contributed by atoms with Gasteiger partial charge in [0.1, 0.15) is 16.7 Å². The van der Waals surface area contributed by atoms with Crippen LogP contribution in [0.5, 0.6) is 11.5 Å². The molecule has 2 aliphatic rings. The Labute approximate surface area is 231 Å². The highest BCUT2D eigenvalue weighted by Gasteiger charge is 2.44. The summed E-state index contributed by atoms with van der Waals surface area (Å²) in [5, 5.41) is 6.32. The van der Waals surface area contributed by atoms with Crippen molar-refractivity contribution in [3.63, 3.8) is 0 Å². The summed E-state index contributed by atoms with van der Waals surface area (Å²) >= 11 is 6.02. The number of hydrogen-bond acceptors (Lipinski definition) is 7. The second kappa shape index (κ2) is 11.7. The fourth-order valence-corrected chi connectivity index (χ4v) is 5.25. The third kappa shape index (κ3) is 5.66. The molecule has 1 aliphatic heterocycles. The van der Waals surface area contributed by atoms with E-state index in [4.69, 9.17) is 30.9 Å². The standard InChI is InChI=1S/C30H28ClN3O5/c1-37-22-12-8-19(9-13-22)17-21-5-3-6-24-27(21)33-34(28(24)20-10-14-23(38-2)15-11-20)26(35)18-39-30(36)25-7-4-16-32-29(25)31/h4,7-17,24,28H,3,5-6,18H2,1-2H3. The molecule has 1 fully saturated rings. The molecule has 2 aromatic carbocycles. The number of hydrogen-bond donors (Lipinski definition) is 0. The van der Waals surface area contributed by atoms with Crippen molar-refractivity contribution in [2.24, 2.45) is 11.0 Å². The van der Waals surface area contributed by atoms with Gasteiger partial charge in [0.15, 0.2) is 6.61 Å². The number of pyridine rings is 1. The lowest BCUT2D eigenvalue weighted by atomic mass is 9.77. The number of ether oxygens (including phenoxy) is 3. The zero-order valence-corrected chi connectivity index (χ0v) is 22.4. The molecular formula is C30H28ClN3O5. The number of benzene rings is 2. The van der Waals surface area contributed by atoms with Crippen molar-refractivity contribution < 1.29 is 23.8 Å². The van der Waals surface area contributed by atoms with E-state index in [1.54, 1.807) is 20.3 Å². The SMILES string of the molecule is COc1ccc(C=C2CCCC3C2=NN(C(=O)COC(=O)c2cccnc2Cl)C3c2ccc(OC)cc2)cc1. The summed E-state index contributed by atoms with van der Waals surface area (Å²) in [5.41, 5.74) is 4.03. The van der Waals surface area contributed by atoms with Crippen LogP contribution in [0.25, 0.3) is 6.08 Å². The first kappa shape index (κ1) is 26.4. The molecule has 0 bridgehead atoms. The molecule has 0 spiro atoms. The highest BCUT2D eigenvalue weighted by molar-refractivity contribution is 6.32. The first-order chi connectivity index (χ1) is 19.0. The van der Waals surface area contributed by atoms with E-state index < -0.39 is 18.5 Å². The molecule has 39 heavy (non-hydrogen) atoms. The average Bonchev–Trinajstić information content (AvgIpc) is 3.37. The molecule has 8 nitrogen and oxygen atoms in total. The Morgan fingerprint density at radius 1 is 1.03 bits per heavy atom. The summed E-state index contributed by atoms with van der Waals surface area (Å²) < 4.78 is 15.9. The molecule has 1 aliphatic carbocycles. The van der Waals surface area contributed by atoms with Gasteiger partial charge in [-0.25, -0.2) is 14.8 Å². The lowest BCUT2D eigenvalue weighted by Gasteiger charge is -2.29. The Balaban J connectivity index is 1.44. The van der Waals surface area contributed by atoms with E-state index in [0.29, 0.717) is 0 Å². The minimum absolute atomic E-state index is 0.00376. The van der Waals surface area contributed by atoms with Gasteiger partial charge in [-0.3, -0.25) is 4.79 Å². The lowest BCUT2D eigenvalue weighted by molar-refractivity contribution is -0.137. The number of fused-ring (bicyclic) bond motifs is 1. The monoisotopic (exact) mass is 545 g/mol. The smallest absolute Gasteiger partial charge is 0.341 e. The highest BCUT2D eigenvalue weighted by atomic mass is 35.5. The van der Waals surface area contributed by atoms with E-state index in [2.05, 4.69) is 11.1 Å². The molecule has 2 atom stereocenters. The molecule has 0 saturated heterocycles. The number of esters is 1. The maximum Gasteiger partial charge on any atom is 0.341 e. The van der Waals surface area contributed by atoms with E-state index in [-0.39, 0.29) is 22.7 Å². The number of nitrogens with zero attached hydrogens (tertiary/aromatic N) is 3. The molecule has 1 aromatic heterocycles. The van der Waals surface area contributed by atoms with Gasteiger partial charge >= 0.3 is 5.97 Å². The largest absolute Gasteiger partial charge is 0.497 e. The fourth-order valence-electron chi connectivity index (χ4n) is 5.05. The lowest BCUT2D eigenvalue weighted by Crippen LogP contribution is -2.34. The summed E-state index contributed by atoms with van der Waals surface area (Å²) in [5.74, 6) is 0.378. The average molecular weight is 546 g/mol. The summed E-state index contributed by atoms with van der Waals surface area (Å²) in [6, 6.07) is 18.2. The van der Waals surface area contributed by atoms with Gasteiger partial charge in [0, 0.05) is 12.1 Å². The highest BCUT2D eigenvalue weighted by Crippen LogP contribution is 2.44. The van der Waals surface area contributed by atoms with E-state index >= 15 is 0 Å². The van der Waals surface area contributed by atoms with Gasteiger partial charge in [-0.15, -0.1) is 0 Å². The van der Waals surface area contributed by atoms with E-state index in [0.717, 1.165) is 53.2 Å². The van der Waals surface area contributed by atoms with Gasteiger partial charge in [-0.2, -0.15) is 5.10 Å². The second-order valence-corrected chi connectivity index (χ2v) is 9.66. The molecule has 0 N–H and O–H groups in total. The Kier molecular flexibility index (Phi) is 7.93. The Hall–Kier alpha value is -4.17. The summed E-state index contributed by atoms with van der Waals surface area (Å²) in [6.07, 6.45) is 6.29. The van der Waals surface area contributed by atoms with Crippen molar-refractivity contribution in [1.29, 1.82) is 0 Å². The predicted octanol–water partition coefficient (Wildman–Crippen LogP) is 5.73. The quantitative estimate of drug-likeness (QED) is 0.278. The van der Waals surface area contributed by atoms with Crippen LogP contribution in [0.1, 0.15) is 46.8 Å². The summed E-state index contributed by atoms with van der Waals surface area (Å²) in [7, 11) is 3.25. The molecular weight excluding hydrogens is 518 g/mol. The van der Waals surface area contributed by atoms with Gasteiger partial charge in [0.25, 0.3) is 5.91 Å². The van der Waals surface area contributed by atoms with Crippen LogP contribution < -0.4 is 9.47 Å². The van der Waals surface area contributed by atoms with Crippen LogP contribution in [0.3, 0.4) is 0 Å². The molecule has 9 heteroatoms. The molecule has 0 radical (unpaired) electrons. The van der Waals surface area contributed by atoms with Crippen LogP contribution in [0.2, 0.25) is 5.15 Å². The first-order valence-electron chi connectivity index (χ1n) is 12.7. The van der Waals surface area contributed by atoms with Crippen LogP contribution in [-0.4, -0.2) is 48.4 Å². The predicted molar refractivity (Wildman–Crippen MR) is 148 cm³/mol. The zero-order valence-electron chi connectivity index (χ0n) is 21.7. The Bertz CT molecular complexity index is 1420. The van der Waals surface area contributed by atoms with E-state index in [9.17, 15) is 9.59 Å². The third-order valence-corrected chi connectivity index (χ3v) is 7.28. The molecule has 1 saturated carbocycles. The molecule has 3 aromatic rings. The van der Waals surface area contributed by atoms with Crippen LogP contribution >= 0.6 is 11.6 Å². The topological polar surface area (TPSA) is 90.3 Å². The van der Waals surface area contributed by atoms with E-state index in [1.165, 1.54) is 17.3 Å². The van der Waals surface area contributed by atoms with Gasteiger partial charge < -0.3 is 14.2 Å². The summed E-state index contributed by atoms with van der Waals surface area (Å²) in [6.45, 7) is -0.474. The number of aromatic nitrogens is 1. The van der Waals surface area contributed by atoms with Crippen molar-refractivity contribution in [2.75, 3.05) is 20.8 Å². The van der Waals surface area contributed by atoms with Crippen molar-refractivity contribution in [3.05, 3.63) is 94.3 Å². The number of methoxy groups -OCH3 is 2. The van der Waals surface area contributed by atoms with Gasteiger partial charge in [0.2, 0.25) is 0 Å². The van der Waals surface area contributed by atoms with Gasteiger partial charge in [-0.05, 0) is 78.4 Å². The van der Waals surface area contributed by atoms with Crippen LogP contribution in [0, 0.1) is 5.92 Å². The van der Waals surface area contributed by atoms with Crippen LogP contribution in [0.4, 0.5) is 0 Å². The maximum atomic E-state index is 13.5. The second-order valence-electron chi connectivity index (χ2n) is 9.30. The summed E-state index contributed by atoms with van der Waals surface area (Å²) in [4.78, 5) is 30.0. The number of hydrazone groups is 1. The molecule has 2 unspecified atom stereocenters. The van der Waals surface area contributed by atoms with Gasteiger partial charge in [-0.1, -0.05) is 35.9 Å². The van der Waals surface area contributed by atoms with Crippen LogP contribution in [0.15, 0.2) is 77.5 Å². The zero-order chi connectivity index (χ0) is 27.4. The number of carbonyl (C=O) groups excluding carboxylic acids is 2. The molecule has 200 valence electrons. The molecule has 5 rings (SSSR count). The van der Waals surface area contributed by atoms with Crippen LogP contribution in [-0.2, 0) is 9.53 Å². The van der Waals surface area contributed by atoms with Gasteiger partial charge in [0.05, 0.1) is 31.5 Å². The Morgan fingerprint density at radius 3 is 2.38 bits per heavy atom. The number of carbonyl (C=O) groups is 2. The van der Waals surface area contributed by atoms with E-state index in [1.807, 2.05) is 48.5 Å². The fraction of sp³-hybridized carbons (Fsp3) is 0.267. The van der Waals surface area contributed by atoms with Crippen molar-refractivity contribution in [3.8, 4) is 11.5 Å². The maximum absolute atomic E-state index is 13.5. The normalized spacial score (nSPS) is 19.3. The van der Waals surface area contributed by atoms with Crippen molar-refractivity contribution >= 4 is 35.3 Å². The number of allylic oxidation sites excluding steroid dienone is 1. The van der Waals surface area contributed by atoms with Crippen molar-refractivity contribution in [1.82, 2.24) is 9.99 Å². The minimum atomic E-state index is -0.716.